The Morgan fingerprint density at radius 1 is 1.23 bits per heavy atom. The van der Waals surface area contributed by atoms with E-state index < -0.39 is 21.7 Å². The summed E-state index contributed by atoms with van der Waals surface area (Å²) in [5.74, 6) is 1.19. The first-order valence-corrected chi connectivity index (χ1v) is 13.6. The topological polar surface area (TPSA) is 106 Å². The smallest absolute Gasteiger partial charge is 0.260 e. The molecule has 0 unspecified atom stereocenters. The van der Waals surface area contributed by atoms with Crippen molar-refractivity contribution in [3.63, 3.8) is 0 Å². The molecule has 0 aliphatic carbocycles. The third-order valence-electron chi connectivity index (χ3n) is 5.79. The number of carbonyl (C=O) groups is 1. The van der Waals surface area contributed by atoms with Gasteiger partial charge in [0.05, 0.1) is 26.6 Å². The van der Waals surface area contributed by atoms with Gasteiger partial charge in [0.1, 0.15) is 23.7 Å². The Morgan fingerprint density at radius 2 is 2.00 bits per heavy atom. The van der Waals surface area contributed by atoms with Crippen LogP contribution in [0.15, 0.2) is 41.0 Å². The van der Waals surface area contributed by atoms with Crippen LogP contribution in [0.4, 0.5) is 21.6 Å². The van der Waals surface area contributed by atoms with Crippen LogP contribution in [-0.4, -0.2) is 44.2 Å². The SMILES string of the molecule is CCCNC(=O)[C@@H](C)Oc1cc(F)ccc1Nc1ncnc2cc(N=S3(=O)CCCC3)cc(C)c12. The van der Waals surface area contributed by atoms with Gasteiger partial charge in [0.15, 0.2) is 6.10 Å². The second kappa shape index (κ2) is 10.6. The molecule has 4 rings (SSSR count). The van der Waals surface area contributed by atoms with E-state index in [0.717, 1.165) is 30.2 Å². The number of nitrogens with one attached hydrogen (secondary N) is 2. The second-order valence-corrected chi connectivity index (χ2v) is 11.2. The van der Waals surface area contributed by atoms with Crippen LogP contribution in [0.1, 0.15) is 38.7 Å². The Labute approximate surface area is 204 Å². The number of hydrogen-bond donors (Lipinski definition) is 2. The zero-order chi connectivity index (χ0) is 25.0. The van der Waals surface area contributed by atoms with Crippen LogP contribution in [0, 0.1) is 12.7 Å². The number of fused-ring (bicyclic) bond motifs is 1. The highest BCUT2D eigenvalue weighted by molar-refractivity contribution is 7.93. The molecule has 2 heterocycles. The van der Waals surface area contributed by atoms with Crippen molar-refractivity contribution >= 4 is 43.7 Å². The van der Waals surface area contributed by atoms with Gasteiger partial charge in [0.2, 0.25) is 0 Å². The quantitative estimate of drug-likeness (QED) is 0.451. The van der Waals surface area contributed by atoms with Crippen molar-refractivity contribution in [2.45, 2.75) is 46.1 Å². The number of benzene rings is 2. The molecule has 2 N–H and O–H groups in total. The maximum Gasteiger partial charge on any atom is 0.260 e. The summed E-state index contributed by atoms with van der Waals surface area (Å²) in [6.07, 6.45) is 3.29. The van der Waals surface area contributed by atoms with E-state index in [1.54, 1.807) is 13.0 Å². The standard InChI is InChI=1S/C25H30FN5O3S/c1-4-9-27-25(32)17(3)34-22-13-18(26)7-8-20(22)30-24-23-16(2)12-19(14-21(23)28-15-29-24)31-35(33)10-5-6-11-35/h7-8,12-15,17H,4-6,9-11H2,1-3H3,(H,27,32)(H,28,29,30)/t17-/m1/s1. The fourth-order valence-corrected chi connectivity index (χ4v) is 6.21. The lowest BCUT2D eigenvalue weighted by atomic mass is 10.1. The second-order valence-electron chi connectivity index (χ2n) is 8.67. The summed E-state index contributed by atoms with van der Waals surface area (Å²) in [5, 5.41) is 6.74. The summed E-state index contributed by atoms with van der Waals surface area (Å²) in [4.78, 5) is 21.0. The van der Waals surface area contributed by atoms with E-state index in [-0.39, 0.29) is 11.7 Å². The number of aryl methyl sites for hydroxylation is 1. The number of ether oxygens (including phenoxy) is 1. The summed E-state index contributed by atoms with van der Waals surface area (Å²) in [6, 6.07) is 7.77. The number of rotatable bonds is 8. The largest absolute Gasteiger partial charge is 0.479 e. The Hall–Kier alpha value is -3.27. The van der Waals surface area contributed by atoms with Crippen molar-refractivity contribution in [2.24, 2.45) is 4.36 Å². The molecule has 1 saturated heterocycles. The number of aromatic nitrogens is 2. The zero-order valence-electron chi connectivity index (χ0n) is 20.1. The van der Waals surface area contributed by atoms with Crippen molar-refractivity contribution in [2.75, 3.05) is 23.4 Å². The molecule has 186 valence electrons. The summed E-state index contributed by atoms with van der Waals surface area (Å²) >= 11 is 0. The highest BCUT2D eigenvalue weighted by atomic mass is 32.2. The van der Waals surface area contributed by atoms with Gasteiger partial charge in [0.25, 0.3) is 5.91 Å². The molecule has 0 radical (unpaired) electrons. The van der Waals surface area contributed by atoms with Gasteiger partial charge in [-0.05, 0) is 62.9 Å². The Balaban J connectivity index is 1.66. The van der Waals surface area contributed by atoms with E-state index in [4.69, 9.17) is 4.74 Å². The molecule has 1 fully saturated rings. The van der Waals surface area contributed by atoms with Gasteiger partial charge in [-0.2, -0.15) is 4.36 Å². The first-order chi connectivity index (χ1) is 16.8. The minimum absolute atomic E-state index is 0.193. The first kappa shape index (κ1) is 24.8. The molecule has 35 heavy (non-hydrogen) atoms. The average Bonchev–Trinajstić information content (AvgIpc) is 3.24. The van der Waals surface area contributed by atoms with E-state index in [1.807, 2.05) is 26.0 Å². The van der Waals surface area contributed by atoms with Crippen LogP contribution in [0.3, 0.4) is 0 Å². The third-order valence-corrected chi connectivity index (χ3v) is 8.18. The van der Waals surface area contributed by atoms with Gasteiger partial charge in [0, 0.05) is 29.5 Å². The molecule has 0 bridgehead atoms. The van der Waals surface area contributed by atoms with Crippen LogP contribution >= 0.6 is 0 Å². The van der Waals surface area contributed by atoms with Crippen molar-refractivity contribution in [3.8, 4) is 5.75 Å². The maximum absolute atomic E-state index is 14.0. The molecule has 0 spiro atoms. The van der Waals surface area contributed by atoms with Crippen LogP contribution in [0.2, 0.25) is 0 Å². The number of halogens is 1. The van der Waals surface area contributed by atoms with Gasteiger partial charge in [-0.15, -0.1) is 0 Å². The van der Waals surface area contributed by atoms with E-state index in [2.05, 4.69) is 25.0 Å². The van der Waals surface area contributed by atoms with Gasteiger partial charge >= 0.3 is 0 Å². The van der Waals surface area contributed by atoms with Crippen LogP contribution in [0.25, 0.3) is 10.9 Å². The van der Waals surface area contributed by atoms with Crippen LogP contribution < -0.4 is 15.4 Å². The minimum atomic E-state index is -2.20. The molecule has 10 heteroatoms. The molecule has 0 saturated carbocycles. The molecule has 1 aromatic heterocycles. The van der Waals surface area contributed by atoms with Gasteiger partial charge in [-0.25, -0.2) is 18.6 Å². The molecular weight excluding hydrogens is 469 g/mol. The highest BCUT2D eigenvalue weighted by Crippen LogP contribution is 2.34. The highest BCUT2D eigenvalue weighted by Gasteiger charge is 2.19. The summed E-state index contributed by atoms with van der Waals surface area (Å²) in [5.41, 5.74) is 2.62. The number of amides is 1. The van der Waals surface area contributed by atoms with E-state index in [9.17, 15) is 13.4 Å². The third kappa shape index (κ3) is 5.87. The van der Waals surface area contributed by atoms with Crippen molar-refractivity contribution in [1.29, 1.82) is 0 Å². The molecule has 1 atom stereocenters. The minimum Gasteiger partial charge on any atom is -0.479 e. The normalized spacial score (nSPS) is 15.5. The summed E-state index contributed by atoms with van der Waals surface area (Å²) in [6.45, 7) is 6.03. The molecule has 1 aliphatic rings. The fraction of sp³-hybridized carbons (Fsp3) is 0.400. The number of carbonyl (C=O) groups excluding carboxylic acids is 1. The predicted molar refractivity (Wildman–Crippen MR) is 137 cm³/mol. The lowest BCUT2D eigenvalue weighted by molar-refractivity contribution is -0.127. The molecule has 1 aliphatic heterocycles. The van der Waals surface area contributed by atoms with Crippen molar-refractivity contribution in [3.05, 3.63) is 48.0 Å². The van der Waals surface area contributed by atoms with E-state index in [1.165, 1.54) is 18.5 Å². The predicted octanol–water partition coefficient (Wildman–Crippen LogP) is 5.01. The molecule has 1 amide bonds. The van der Waals surface area contributed by atoms with Crippen LogP contribution in [0.5, 0.6) is 5.75 Å². The Bertz CT molecular complexity index is 1360. The van der Waals surface area contributed by atoms with Crippen LogP contribution in [-0.2, 0) is 14.5 Å². The zero-order valence-corrected chi connectivity index (χ0v) is 21.0. The number of hydrogen-bond acceptors (Lipinski definition) is 7. The molecule has 2 aromatic carbocycles. The summed E-state index contributed by atoms with van der Waals surface area (Å²) < 4.78 is 37.3. The van der Waals surface area contributed by atoms with Gasteiger partial charge < -0.3 is 15.4 Å². The first-order valence-electron chi connectivity index (χ1n) is 11.8. The van der Waals surface area contributed by atoms with Crippen molar-refractivity contribution < 1.29 is 18.1 Å². The average molecular weight is 500 g/mol. The van der Waals surface area contributed by atoms with Crippen molar-refractivity contribution in [1.82, 2.24) is 15.3 Å². The number of nitrogens with zero attached hydrogens (tertiary/aromatic N) is 3. The lowest BCUT2D eigenvalue weighted by Crippen LogP contribution is -2.36. The Morgan fingerprint density at radius 3 is 2.74 bits per heavy atom. The fourth-order valence-electron chi connectivity index (χ4n) is 4.02. The lowest BCUT2D eigenvalue weighted by Gasteiger charge is -2.18. The summed E-state index contributed by atoms with van der Waals surface area (Å²) in [7, 11) is -2.20. The van der Waals surface area contributed by atoms with Gasteiger partial charge in [-0.3, -0.25) is 4.79 Å². The van der Waals surface area contributed by atoms with Gasteiger partial charge in [-0.1, -0.05) is 6.92 Å². The van der Waals surface area contributed by atoms with E-state index >= 15 is 0 Å². The monoisotopic (exact) mass is 499 g/mol. The maximum atomic E-state index is 14.0. The molecular formula is C25H30FN5O3S. The molecule has 3 aromatic rings. The molecule has 8 nitrogen and oxygen atoms in total. The van der Waals surface area contributed by atoms with E-state index in [0.29, 0.717) is 40.8 Å². The Kier molecular flexibility index (Phi) is 7.49. The number of anilines is 2.